The molecule has 1 saturated heterocycles. The van der Waals surface area contributed by atoms with Crippen LogP contribution in [0.2, 0.25) is 0 Å². The number of hydrogen-bond acceptors (Lipinski definition) is 8. The molecule has 0 saturated carbocycles. The molecule has 3 aromatic heterocycles. The van der Waals surface area contributed by atoms with Crippen molar-refractivity contribution in [2.75, 3.05) is 19.0 Å². The number of nitrogens with zero attached hydrogens (tertiary/aromatic N) is 4. The van der Waals surface area contributed by atoms with Crippen LogP contribution in [0.4, 0.5) is 16.3 Å². The van der Waals surface area contributed by atoms with Crippen molar-refractivity contribution in [2.24, 2.45) is 7.05 Å². The summed E-state index contributed by atoms with van der Waals surface area (Å²) in [6.45, 7) is 4.01. The predicted molar refractivity (Wildman–Crippen MR) is 136 cm³/mol. The van der Waals surface area contributed by atoms with Gasteiger partial charge in [0.2, 0.25) is 0 Å². The number of hydrogen-bond donors (Lipinski definition) is 3. The highest BCUT2D eigenvalue weighted by atomic mass is 16.5. The van der Waals surface area contributed by atoms with Crippen LogP contribution in [0.5, 0.6) is 5.75 Å². The monoisotopic (exact) mass is 515 g/mol. The summed E-state index contributed by atoms with van der Waals surface area (Å²) in [6.07, 6.45) is 0. The first-order chi connectivity index (χ1) is 18.2. The summed E-state index contributed by atoms with van der Waals surface area (Å²) >= 11 is 0. The van der Waals surface area contributed by atoms with Gasteiger partial charge in [-0.2, -0.15) is 5.10 Å². The van der Waals surface area contributed by atoms with Crippen molar-refractivity contribution < 1.29 is 23.5 Å². The number of ether oxygens (including phenoxy) is 1. The lowest BCUT2D eigenvalue weighted by Crippen LogP contribution is -2.52. The quantitative estimate of drug-likeness (QED) is 0.333. The molecule has 2 aliphatic heterocycles. The first kappa shape index (κ1) is 23.5. The van der Waals surface area contributed by atoms with E-state index >= 15 is 0 Å². The third-order valence-electron chi connectivity index (χ3n) is 7.12. The Balaban J connectivity index is 1.34. The number of anilines is 2. The minimum Gasteiger partial charge on any atom is -0.497 e. The van der Waals surface area contributed by atoms with Crippen LogP contribution in [0.3, 0.4) is 0 Å². The second kappa shape index (κ2) is 8.33. The summed E-state index contributed by atoms with van der Waals surface area (Å²) in [6, 6.07) is 9.71. The minimum absolute atomic E-state index is 0.126. The molecule has 12 nitrogen and oxygen atoms in total. The second-order valence-corrected chi connectivity index (χ2v) is 9.48. The number of nitrogens with one attached hydrogen (secondary N) is 3. The lowest BCUT2D eigenvalue weighted by molar-refractivity contribution is -0.125. The molecule has 38 heavy (non-hydrogen) atoms. The number of amides is 4. The Labute approximate surface area is 216 Å². The number of aryl methyl sites for hydroxylation is 2. The first-order valence-corrected chi connectivity index (χ1v) is 12.0. The lowest BCUT2D eigenvalue weighted by atomic mass is 9.95. The first-order valence-electron chi connectivity index (χ1n) is 12.0. The van der Waals surface area contributed by atoms with Crippen LogP contribution >= 0.6 is 0 Å². The van der Waals surface area contributed by atoms with Crippen LogP contribution in [0.25, 0.3) is 11.1 Å². The maximum atomic E-state index is 13.2. The number of furan rings is 1. The Hall–Kier alpha value is -4.87. The number of imide groups is 1. The van der Waals surface area contributed by atoms with E-state index in [1.165, 1.54) is 12.0 Å². The molecule has 1 atom stereocenters. The van der Waals surface area contributed by atoms with Crippen LogP contribution in [0, 0.1) is 13.8 Å². The van der Waals surface area contributed by atoms with Gasteiger partial charge in [0.1, 0.15) is 22.8 Å². The fourth-order valence-corrected chi connectivity index (χ4v) is 5.02. The van der Waals surface area contributed by atoms with Crippen molar-refractivity contribution in [1.29, 1.82) is 0 Å². The summed E-state index contributed by atoms with van der Waals surface area (Å²) in [5.74, 6) is 0.427. The van der Waals surface area contributed by atoms with Gasteiger partial charge in [0, 0.05) is 25.2 Å². The van der Waals surface area contributed by atoms with Crippen molar-refractivity contribution in [3.63, 3.8) is 0 Å². The van der Waals surface area contributed by atoms with Crippen molar-refractivity contribution in [3.05, 3.63) is 64.7 Å². The molecule has 0 spiro atoms. The third-order valence-corrected chi connectivity index (χ3v) is 7.12. The average molecular weight is 516 g/mol. The maximum absolute atomic E-state index is 13.2. The van der Waals surface area contributed by atoms with E-state index in [0.29, 0.717) is 28.2 Å². The zero-order chi connectivity index (χ0) is 26.8. The molecule has 3 N–H and O–H groups in total. The van der Waals surface area contributed by atoms with Crippen molar-refractivity contribution in [1.82, 2.24) is 30.3 Å². The maximum Gasteiger partial charge on any atom is 0.322 e. The predicted octanol–water partition coefficient (Wildman–Crippen LogP) is 2.62. The summed E-state index contributed by atoms with van der Waals surface area (Å²) in [7, 11) is 3.40. The highest BCUT2D eigenvalue weighted by molar-refractivity contribution is 6.08. The molecule has 4 amide bonds. The topological polar surface area (TPSA) is 144 Å². The van der Waals surface area contributed by atoms with Crippen LogP contribution in [-0.4, -0.2) is 51.2 Å². The van der Waals surface area contributed by atoms with Crippen LogP contribution in [0.1, 0.15) is 33.1 Å². The summed E-state index contributed by atoms with van der Waals surface area (Å²) < 4.78 is 13.1. The molecule has 6 rings (SSSR count). The summed E-state index contributed by atoms with van der Waals surface area (Å²) in [5.41, 5.74) is 3.23. The van der Waals surface area contributed by atoms with Crippen LogP contribution in [0.15, 0.2) is 40.8 Å². The van der Waals surface area contributed by atoms with Gasteiger partial charge in [-0.25, -0.2) is 9.78 Å². The van der Waals surface area contributed by atoms with Gasteiger partial charge in [0.15, 0.2) is 11.1 Å². The average Bonchev–Trinajstić information content (AvgIpc) is 3.60. The molecule has 1 fully saturated rings. The highest BCUT2D eigenvalue weighted by Gasteiger charge is 2.53. The number of fused-ring (bicyclic) bond motifs is 2. The summed E-state index contributed by atoms with van der Waals surface area (Å²) in [4.78, 5) is 44.9. The number of carbonyl (C=O) groups excluding carboxylic acids is 3. The molecule has 0 aliphatic carbocycles. The lowest BCUT2D eigenvalue weighted by Gasteiger charge is -2.28. The van der Waals surface area contributed by atoms with Crippen LogP contribution in [-0.2, 0) is 23.9 Å². The van der Waals surface area contributed by atoms with E-state index in [2.05, 4.69) is 26.0 Å². The fraction of sp³-hybridized carbons (Fsp3) is 0.269. The van der Waals surface area contributed by atoms with Gasteiger partial charge < -0.3 is 24.7 Å². The number of methoxy groups -OCH3 is 1. The van der Waals surface area contributed by atoms with E-state index in [9.17, 15) is 14.4 Å². The van der Waals surface area contributed by atoms with Gasteiger partial charge in [-0.1, -0.05) is 6.07 Å². The smallest absolute Gasteiger partial charge is 0.322 e. The molecule has 0 radical (unpaired) electrons. The number of pyridine rings is 1. The van der Waals surface area contributed by atoms with E-state index in [1.54, 1.807) is 35.0 Å². The number of aromatic nitrogens is 3. The normalized spacial score (nSPS) is 18.6. The number of benzene rings is 1. The van der Waals surface area contributed by atoms with Crippen molar-refractivity contribution in [2.45, 2.75) is 25.9 Å². The molecule has 2 aliphatic rings. The molecule has 4 aromatic rings. The van der Waals surface area contributed by atoms with E-state index < -0.39 is 17.5 Å². The zero-order valence-electron chi connectivity index (χ0n) is 21.2. The molecule has 1 unspecified atom stereocenters. The number of urea groups is 1. The van der Waals surface area contributed by atoms with E-state index in [0.717, 1.165) is 22.6 Å². The van der Waals surface area contributed by atoms with Gasteiger partial charge in [-0.15, -0.1) is 0 Å². The van der Waals surface area contributed by atoms with Gasteiger partial charge >= 0.3 is 6.03 Å². The van der Waals surface area contributed by atoms with Gasteiger partial charge in [0.25, 0.3) is 11.8 Å². The van der Waals surface area contributed by atoms with Crippen molar-refractivity contribution >= 4 is 40.5 Å². The van der Waals surface area contributed by atoms with E-state index in [1.807, 2.05) is 27.0 Å². The molecular weight excluding hydrogens is 490 g/mol. The molecule has 5 heterocycles. The standard InChI is InChI=1S/C26H25N7O5/c1-13-22(14(2)32(3)31-13)28-21-8-7-19-18(27-21)10-20(38-19)26(24(35)29-25(36)30-26)12-33-11-15-5-6-16(37-4)9-17(15)23(33)34/h5-10H,11-12H2,1-4H3,(H,27,28)(H2,29,30,35,36). The molecule has 0 bridgehead atoms. The summed E-state index contributed by atoms with van der Waals surface area (Å²) in [5, 5.41) is 12.7. The Bertz CT molecular complexity index is 1660. The SMILES string of the molecule is COc1ccc2c(c1)C(=O)N(CC1(c3cc4nc(Nc5c(C)nn(C)c5C)ccc4o3)NC(=O)NC1=O)C2. The van der Waals surface area contributed by atoms with Gasteiger partial charge in [-0.05, 0) is 43.7 Å². The Morgan fingerprint density at radius 2 is 1.97 bits per heavy atom. The van der Waals surface area contributed by atoms with E-state index in [-0.39, 0.29) is 24.8 Å². The Morgan fingerprint density at radius 3 is 2.66 bits per heavy atom. The van der Waals surface area contributed by atoms with Crippen LogP contribution < -0.4 is 20.7 Å². The van der Waals surface area contributed by atoms with Gasteiger partial charge in [0.05, 0.1) is 30.7 Å². The molecular formula is C26H25N7O5. The Morgan fingerprint density at radius 1 is 1.16 bits per heavy atom. The number of rotatable bonds is 6. The fourth-order valence-electron chi connectivity index (χ4n) is 5.02. The second-order valence-electron chi connectivity index (χ2n) is 9.48. The largest absolute Gasteiger partial charge is 0.497 e. The Kier molecular flexibility index (Phi) is 5.16. The molecule has 1 aromatic carbocycles. The third kappa shape index (κ3) is 3.56. The van der Waals surface area contributed by atoms with Gasteiger partial charge in [-0.3, -0.25) is 19.6 Å². The number of carbonyl (C=O) groups is 3. The highest BCUT2D eigenvalue weighted by Crippen LogP contribution is 2.35. The zero-order valence-corrected chi connectivity index (χ0v) is 21.2. The van der Waals surface area contributed by atoms with E-state index in [4.69, 9.17) is 9.15 Å². The van der Waals surface area contributed by atoms with Crippen molar-refractivity contribution in [3.8, 4) is 5.75 Å². The molecule has 194 valence electrons. The minimum atomic E-state index is -1.62. The molecule has 12 heteroatoms.